The minimum Gasteiger partial charge on any atom is -0.463 e. The van der Waals surface area contributed by atoms with E-state index in [0.29, 0.717) is 12.2 Å². The van der Waals surface area contributed by atoms with Gasteiger partial charge in [0.2, 0.25) is 0 Å². The van der Waals surface area contributed by atoms with Crippen LogP contribution in [0.4, 0.5) is 0 Å². The van der Waals surface area contributed by atoms with Crippen molar-refractivity contribution in [2.45, 2.75) is 20.8 Å². The molecule has 0 amide bonds. The lowest BCUT2D eigenvalue weighted by Gasteiger charge is -2.07. The molecule has 0 spiro atoms. The van der Waals surface area contributed by atoms with Crippen LogP contribution in [0.3, 0.4) is 0 Å². The van der Waals surface area contributed by atoms with Gasteiger partial charge in [-0.2, -0.15) is 0 Å². The summed E-state index contributed by atoms with van der Waals surface area (Å²) >= 11 is 0. The third-order valence-corrected chi connectivity index (χ3v) is 2.74. The number of aryl methyl sites for hydroxylation is 2. The van der Waals surface area contributed by atoms with Crippen LogP contribution >= 0.6 is 0 Å². The summed E-state index contributed by atoms with van der Waals surface area (Å²) in [5, 5.41) is 0. The van der Waals surface area contributed by atoms with E-state index in [9.17, 15) is 9.59 Å². The Labute approximate surface area is 118 Å². The number of benzene rings is 1. The Morgan fingerprint density at radius 1 is 0.950 bits per heavy atom. The monoisotopic (exact) mass is 280 g/mol. The molecule has 5 heteroatoms. The van der Waals surface area contributed by atoms with Crippen LogP contribution in [-0.4, -0.2) is 38.4 Å². The Kier molecular flexibility index (Phi) is 6.73. The zero-order valence-electron chi connectivity index (χ0n) is 12.1. The summed E-state index contributed by atoms with van der Waals surface area (Å²) < 4.78 is 14.9. The molecule has 0 bridgehead atoms. The molecular weight excluding hydrogens is 260 g/mol. The van der Waals surface area contributed by atoms with Crippen LogP contribution in [0.1, 0.15) is 28.4 Å². The zero-order valence-corrected chi connectivity index (χ0v) is 12.1. The van der Waals surface area contributed by atoms with Crippen molar-refractivity contribution in [3.05, 3.63) is 34.9 Å². The first-order chi connectivity index (χ1) is 9.50. The number of hydrogen-bond acceptors (Lipinski definition) is 5. The van der Waals surface area contributed by atoms with Crippen molar-refractivity contribution in [1.82, 2.24) is 0 Å². The molecule has 0 radical (unpaired) electrons. The fourth-order valence-electron chi connectivity index (χ4n) is 1.49. The molecule has 0 aliphatic carbocycles. The summed E-state index contributed by atoms with van der Waals surface area (Å²) in [7, 11) is 0. The molecule has 0 aliphatic rings. The summed E-state index contributed by atoms with van der Waals surface area (Å²) in [6.07, 6.45) is 0. The van der Waals surface area contributed by atoms with Crippen LogP contribution in [0.15, 0.2) is 18.2 Å². The first-order valence-electron chi connectivity index (χ1n) is 6.46. The van der Waals surface area contributed by atoms with Gasteiger partial charge in [0.05, 0.1) is 18.8 Å². The number of esters is 2. The van der Waals surface area contributed by atoms with Crippen LogP contribution in [0.2, 0.25) is 0 Å². The van der Waals surface area contributed by atoms with Gasteiger partial charge in [0.25, 0.3) is 0 Å². The molecule has 0 fully saturated rings. The van der Waals surface area contributed by atoms with E-state index in [2.05, 4.69) is 0 Å². The molecule has 0 atom stereocenters. The maximum atomic E-state index is 11.7. The molecule has 0 aromatic heterocycles. The molecule has 0 heterocycles. The fourth-order valence-corrected chi connectivity index (χ4v) is 1.49. The van der Waals surface area contributed by atoms with E-state index < -0.39 is 0 Å². The number of hydrogen-bond donors (Lipinski definition) is 0. The minimum absolute atomic E-state index is 0.172. The van der Waals surface area contributed by atoms with Crippen molar-refractivity contribution >= 4 is 11.9 Å². The van der Waals surface area contributed by atoms with Gasteiger partial charge in [-0.3, -0.25) is 4.79 Å². The fraction of sp³-hybridized carbons (Fsp3) is 0.467. The topological polar surface area (TPSA) is 61.8 Å². The molecule has 1 aromatic carbocycles. The van der Waals surface area contributed by atoms with Crippen LogP contribution in [-0.2, 0) is 19.0 Å². The highest BCUT2D eigenvalue weighted by molar-refractivity contribution is 5.89. The quantitative estimate of drug-likeness (QED) is 0.565. The Bertz CT molecular complexity index is 467. The second-order valence-corrected chi connectivity index (χ2v) is 4.39. The van der Waals surface area contributed by atoms with Crippen molar-refractivity contribution < 1.29 is 23.8 Å². The van der Waals surface area contributed by atoms with E-state index in [0.717, 1.165) is 11.1 Å². The smallest absolute Gasteiger partial charge is 0.338 e. The van der Waals surface area contributed by atoms with E-state index in [-0.39, 0.29) is 31.8 Å². The highest BCUT2D eigenvalue weighted by Crippen LogP contribution is 2.10. The number of carbonyl (C=O) groups is 2. The van der Waals surface area contributed by atoms with Gasteiger partial charge in [0.15, 0.2) is 0 Å². The van der Waals surface area contributed by atoms with Crippen molar-refractivity contribution in [3.63, 3.8) is 0 Å². The Morgan fingerprint density at radius 3 is 2.20 bits per heavy atom. The highest BCUT2D eigenvalue weighted by Gasteiger charge is 2.07. The first kappa shape index (κ1) is 16.2. The molecule has 110 valence electrons. The van der Waals surface area contributed by atoms with Gasteiger partial charge in [-0.1, -0.05) is 6.07 Å². The van der Waals surface area contributed by atoms with E-state index in [1.165, 1.54) is 6.92 Å². The minimum atomic E-state index is -0.364. The molecule has 5 nitrogen and oxygen atoms in total. The van der Waals surface area contributed by atoms with Crippen molar-refractivity contribution in [2.24, 2.45) is 0 Å². The molecule has 1 aromatic rings. The van der Waals surface area contributed by atoms with Gasteiger partial charge in [0, 0.05) is 6.92 Å². The lowest BCUT2D eigenvalue weighted by atomic mass is 10.1. The normalized spacial score (nSPS) is 10.2. The maximum Gasteiger partial charge on any atom is 0.338 e. The third-order valence-electron chi connectivity index (χ3n) is 2.74. The Hall–Kier alpha value is -1.88. The van der Waals surface area contributed by atoms with E-state index in [1.54, 1.807) is 12.1 Å². The predicted molar refractivity (Wildman–Crippen MR) is 73.7 cm³/mol. The molecule has 0 saturated heterocycles. The third kappa shape index (κ3) is 5.84. The van der Waals surface area contributed by atoms with Crippen molar-refractivity contribution in [3.8, 4) is 0 Å². The van der Waals surface area contributed by atoms with Gasteiger partial charge in [0.1, 0.15) is 13.2 Å². The second-order valence-electron chi connectivity index (χ2n) is 4.39. The number of rotatable bonds is 7. The van der Waals surface area contributed by atoms with Crippen LogP contribution in [0.25, 0.3) is 0 Å². The number of carbonyl (C=O) groups excluding carboxylic acids is 2. The zero-order chi connectivity index (χ0) is 15.0. The molecule has 0 N–H and O–H groups in total. The van der Waals surface area contributed by atoms with Crippen molar-refractivity contribution in [1.29, 1.82) is 0 Å². The summed E-state index contributed by atoms with van der Waals surface area (Å²) in [6, 6.07) is 5.44. The van der Waals surface area contributed by atoms with Crippen LogP contribution < -0.4 is 0 Å². The average Bonchev–Trinajstić information content (AvgIpc) is 2.40. The Morgan fingerprint density at radius 2 is 1.60 bits per heavy atom. The van der Waals surface area contributed by atoms with Gasteiger partial charge >= 0.3 is 11.9 Å². The molecule has 1 rings (SSSR count). The maximum absolute atomic E-state index is 11.7. The lowest BCUT2D eigenvalue weighted by Crippen LogP contribution is -2.14. The van der Waals surface area contributed by atoms with E-state index in [4.69, 9.17) is 14.2 Å². The summed E-state index contributed by atoms with van der Waals surface area (Å²) in [5.74, 6) is -0.702. The molecule has 0 saturated carbocycles. The summed E-state index contributed by atoms with van der Waals surface area (Å²) in [6.45, 7) is 6.22. The molecule has 20 heavy (non-hydrogen) atoms. The Balaban J connectivity index is 2.20. The number of ether oxygens (including phenoxy) is 3. The largest absolute Gasteiger partial charge is 0.463 e. The lowest BCUT2D eigenvalue weighted by molar-refractivity contribution is -0.142. The molecule has 0 unspecified atom stereocenters. The van der Waals surface area contributed by atoms with Gasteiger partial charge < -0.3 is 14.2 Å². The van der Waals surface area contributed by atoms with Gasteiger partial charge in [-0.25, -0.2) is 4.79 Å². The predicted octanol–water partition coefficient (Wildman–Crippen LogP) is 2.04. The highest BCUT2D eigenvalue weighted by atomic mass is 16.6. The van der Waals surface area contributed by atoms with Crippen molar-refractivity contribution in [2.75, 3.05) is 26.4 Å². The molecule has 0 aliphatic heterocycles. The van der Waals surface area contributed by atoms with Gasteiger partial charge in [-0.05, 0) is 37.1 Å². The van der Waals surface area contributed by atoms with Gasteiger partial charge in [-0.15, -0.1) is 0 Å². The SMILES string of the molecule is CC(=O)OCCOCCOC(=O)c1ccc(C)c(C)c1. The second kappa shape index (κ2) is 8.32. The van der Waals surface area contributed by atoms with E-state index >= 15 is 0 Å². The molecular formula is C15H20O5. The summed E-state index contributed by atoms with van der Waals surface area (Å²) in [4.78, 5) is 22.2. The van der Waals surface area contributed by atoms with Crippen LogP contribution in [0.5, 0.6) is 0 Å². The first-order valence-corrected chi connectivity index (χ1v) is 6.46. The van der Waals surface area contributed by atoms with Crippen LogP contribution in [0, 0.1) is 13.8 Å². The standard InChI is InChI=1S/C15H20O5/c1-11-4-5-14(10-12(11)2)15(17)20-9-7-18-6-8-19-13(3)16/h4-5,10H,6-9H2,1-3H3. The summed E-state index contributed by atoms with van der Waals surface area (Å²) in [5.41, 5.74) is 2.72. The average molecular weight is 280 g/mol. The van der Waals surface area contributed by atoms with E-state index in [1.807, 2.05) is 19.9 Å².